The zero-order valence-electron chi connectivity index (χ0n) is 10.6. The van der Waals surface area contributed by atoms with Gasteiger partial charge in [0.2, 0.25) is 0 Å². The van der Waals surface area contributed by atoms with Crippen LogP contribution < -0.4 is 5.32 Å². The van der Waals surface area contributed by atoms with E-state index >= 15 is 0 Å². The van der Waals surface area contributed by atoms with Gasteiger partial charge in [0.25, 0.3) is 0 Å². The highest BCUT2D eigenvalue weighted by Crippen LogP contribution is 2.25. The first kappa shape index (κ1) is 12.3. The Morgan fingerprint density at radius 2 is 1.89 bits per heavy atom. The van der Waals surface area contributed by atoms with Crippen molar-refractivity contribution in [2.75, 3.05) is 19.7 Å². The molecule has 0 bridgehead atoms. The molecule has 2 aromatic carbocycles. The van der Waals surface area contributed by atoms with Crippen LogP contribution in [-0.2, 0) is 4.74 Å². The van der Waals surface area contributed by atoms with Crippen molar-refractivity contribution in [3.05, 3.63) is 59.9 Å². The maximum atomic E-state index is 12.9. The lowest BCUT2D eigenvalue weighted by atomic mass is 10.00. The average molecular weight is 257 g/mol. The second kappa shape index (κ2) is 5.51. The second-order valence-corrected chi connectivity index (χ2v) is 4.70. The molecule has 98 valence electrons. The quantitative estimate of drug-likeness (QED) is 0.892. The molecule has 0 spiro atoms. The van der Waals surface area contributed by atoms with Crippen LogP contribution in [0.15, 0.2) is 48.5 Å². The van der Waals surface area contributed by atoms with E-state index in [0.29, 0.717) is 0 Å². The van der Waals surface area contributed by atoms with Crippen LogP contribution in [0.3, 0.4) is 0 Å². The van der Waals surface area contributed by atoms with Crippen LogP contribution in [0.5, 0.6) is 0 Å². The number of rotatable bonds is 2. The molecule has 1 atom stereocenters. The Balaban J connectivity index is 1.88. The third kappa shape index (κ3) is 2.83. The molecular weight excluding hydrogens is 241 g/mol. The van der Waals surface area contributed by atoms with Crippen molar-refractivity contribution in [2.24, 2.45) is 0 Å². The molecule has 3 heteroatoms. The number of morpholine rings is 1. The first-order chi connectivity index (χ1) is 9.33. The molecule has 0 amide bonds. The molecule has 2 nitrogen and oxygen atoms in total. The van der Waals surface area contributed by atoms with Gasteiger partial charge in [0.15, 0.2) is 0 Å². The third-order valence-corrected chi connectivity index (χ3v) is 3.36. The standard InChI is InChI=1S/C16H16FNO/c17-15-6-4-12(5-7-15)13-2-1-3-14(10-13)16-11-18-8-9-19-16/h1-7,10,16,18H,8-9,11H2. The Morgan fingerprint density at radius 1 is 1.05 bits per heavy atom. The molecule has 1 aliphatic rings. The van der Waals surface area contributed by atoms with E-state index in [1.807, 2.05) is 12.1 Å². The van der Waals surface area contributed by atoms with E-state index < -0.39 is 0 Å². The molecular formula is C16H16FNO. The first-order valence-corrected chi connectivity index (χ1v) is 6.51. The summed E-state index contributed by atoms with van der Waals surface area (Å²) in [5.41, 5.74) is 3.27. The summed E-state index contributed by atoms with van der Waals surface area (Å²) in [5, 5.41) is 3.33. The van der Waals surface area contributed by atoms with E-state index in [2.05, 4.69) is 17.4 Å². The van der Waals surface area contributed by atoms with Crippen molar-refractivity contribution in [3.8, 4) is 11.1 Å². The number of nitrogens with one attached hydrogen (secondary N) is 1. The minimum Gasteiger partial charge on any atom is -0.371 e. The molecule has 0 saturated carbocycles. The molecule has 0 radical (unpaired) electrons. The van der Waals surface area contributed by atoms with Crippen molar-refractivity contribution in [1.29, 1.82) is 0 Å². The Hall–Kier alpha value is -1.71. The van der Waals surface area contributed by atoms with Crippen molar-refractivity contribution in [3.63, 3.8) is 0 Å². The Labute approximate surface area is 112 Å². The van der Waals surface area contributed by atoms with E-state index in [-0.39, 0.29) is 11.9 Å². The van der Waals surface area contributed by atoms with Crippen molar-refractivity contribution >= 4 is 0 Å². The lowest BCUT2D eigenvalue weighted by Crippen LogP contribution is -2.33. The van der Waals surface area contributed by atoms with Crippen LogP contribution in [-0.4, -0.2) is 19.7 Å². The summed E-state index contributed by atoms with van der Waals surface area (Å²) in [6.45, 7) is 2.49. The number of hydrogen-bond donors (Lipinski definition) is 1. The minimum absolute atomic E-state index is 0.106. The number of benzene rings is 2. The molecule has 0 aromatic heterocycles. The van der Waals surface area contributed by atoms with Gasteiger partial charge in [-0.3, -0.25) is 0 Å². The van der Waals surface area contributed by atoms with Crippen LogP contribution in [0.25, 0.3) is 11.1 Å². The zero-order valence-corrected chi connectivity index (χ0v) is 10.6. The molecule has 1 fully saturated rings. The molecule has 1 unspecified atom stereocenters. The fourth-order valence-corrected chi connectivity index (χ4v) is 2.34. The summed E-state index contributed by atoms with van der Waals surface area (Å²) < 4.78 is 18.7. The monoisotopic (exact) mass is 257 g/mol. The number of hydrogen-bond acceptors (Lipinski definition) is 2. The minimum atomic E-state index is -0.209. The normalized spacial score (nSPS) is 19.3. The molecule has 1 saturated heterocycles. The summed E-state index contributed by atoms with van der Waals surface area (Å²) in [7, 11) is 0. The van der Waals surface area contributed by atoms with Gasteiger partial charge in [-0.2, -0.15) is 0 Å². The van der Waals surface area contributed by atoms with Gasteiger partial charge in [0, 0.05) is 13.1 Å². The highest BCUT2D eigenvalue weighted by molar-refractivity contribution is 5.64. The largest absolute Gasteiger partial charge is 0.371 e. The van der Waals surface area contributed by atoms with Crippen molar-refractivity contribution < 1.29 is 9.13 Å². The molecule has 1 aliphatic heterocycles. The topological polar surface area (TPSA) is 21.3 Å². The molecule has 1 heterocycles. The highest BCUT2D eigenvalue weighted by Gasteiger charge is 2.15. The summed E-state index contributed by atoms with van der Waals surface area (Å²) in [6.07, 6.45) is 0.106. The van der Waals surface area contributed by atoms with E-state index in [1.165, 1.54) is 12.1 Å². The Bertz CT molecular complexity index is 547. The second-order valence-electron chi connectivity index (χ2n) is 4.70. The predicted octanol–water partition coefficient (Wildman–Crippen LogP) is 3.15. The van der Waals surface area contributed by atoms with Crippen LogP contribution in [0.1, 0.15) is 11.7 Å². The number of halogens is 1. The summed E-state index contributed by atoms with van der Waals surface area (Å²) in [5.74, 6) is -0.209. The van der Waals surface area contributed by atoms with Gasteiger partial charge < -0.3 is 10.1 Å². The predicted molar refractivity (Wildman–Crippen MR) is 73.4 cm³/mol. The van der Waals surface area contributed by atoms with Gasteiger partial charge in [-0.15, -0.1) is 0 Å². The van der Waals surface area contributed by atoms with Gasteiger partial charge >= 0.3 is 0 Å². The maximum Gasteiger partial charge on any atom is 0.123 e. The highest BCUT2D eigenvalue weighted by atomic mass is 19.1. The van der Waals surface area contributed by atoms with Crippen molar-refractivity contribution in [2.45, 2.75) is 6.10 Å². The molecule has 2 aromatic rings. The van der Waals surface area contributed by atoms with Gasteiger partial charge in [-0.05, 0) is 34.9 Å². The van der Waals surface area contributed by atoms with Gasteiger partial charge in [0.1, 0.15) is 5.82 Å². The maximum absolute atomic E-state index is 12.9. The van der Waals surface area contributed by atoms with Gasteiger partial charge in [-0.1, -0.05) is 30.3 Å². The van der Waals surface area contributed by atoms with Crippen LogP contribution in [0, 0.1) is 5.82 Å². The first-order valence-electron chi connectivity index (χ1n) is 6.51. The smallest absolute Gasteiger partial charge is 0.123 e. The third-order valence-electron chi connectivity index (χ3n) is 3.36. The van der Waals surface area contributed by atoms with Crippen molar-refractivity contribution in [1.82, 2.24) is 5.32 Å². The summed E-state index contributed by atoms with van der Waals surface area (Å²) >= 11 is 0. The molecule has 1 N–H and O–H groups in total. The lowest BCUT2D eigenvalue weighted by Gasteiger charge is -2.24. The van der Waals surface area contributed by atoms with Gasteiger partial charge in [0.05, 0.1) is 12.7 Å². The molecule has 19 heavy (non-hydrogen) atoms. The summed E-state index contributed by atoms with van der Waals surface area (Å²) in [6, 6.07) is 14.8. The molecule has 3 rings (SSSR count). The van der Waals surface area contributed by atoms with Crippen LogP contribution >= 0.6 is 0 Å². The van der Waals surface area contributed by atoms with E-state index in [4.69, 9.17) is 4.74 Å². The number of ether oxygens (including phenoxy) is 1. The van der Waals surface area contributed by atoms with E-state index in [1.54, 1.807) is 12.1 Å². The van der Waals surface area contributed by atoms with Crippen LogP contribution in [0.2, 0.25) is 0 Å². The van der Waals surface area contributed by atoms with Crippen LogP contribution in [0.4, 0.5) is 4.39 Å². The summed E-state index contributed by atoms with van der Waals surface area (Å²) in [4.78, 5) is 0. The Kier molecular flexibility index (Phi) is 3.58. The lowest BCUT2D eigenvalue weighted by molar-refractivity contribution is 0.0277. The zero-order chi connectivity index (χ0) is 13.1. The fraction of sp³-hybridized carbons (Fsp3) is 0.250. The fourth-order valence-electron chi connectivity index (χ4n) is 2.34. The SMILES string of the molecule is Fc1ccc(-c2cccc(C3CNCCO3)c2)cc1. The van der Waals surface area contributed by atoms with E-state index in [9.17, 15) is 4.39 Å². The molecule has 0 aliphatic carbocycles. The van der Waals surface area contributed by atoms with E-state index in [0.717, 1.165) is 36.4 Å². The van der Waals surface area contributed by atoms with Gasteiger partial charge in [-0.25, -0.2) is 4.39 Å². The average Bonchev–Trinajstić information content (AvgIpc) is 2.49. The Morgan fingerprint density at radius 3 is 2.63 bits per heavy atom.